The van der Waals surface area contributed by atoms with Gasteiger partial charge in [-0.15, -0.1) is 0 Å². The lowest BCUT2D eigenvalue weighted by atomic mass is 10.1. The third-order valence-electron chi connectivity index (χ3n) is 4.10. The van der Waals surface area contributed by atoms with Crippen molar-refractivity contribution in [3.05, 3.63) is 88.5 Å². The standard InChI is InChI=1S/C20H17N3O6S/c1-29-16-6-4-5-14(13-16)21-20(24)18-7-2-3-8-19(18)22-30(27,28)17-11-9-15(10-12-17)23(25)26/h2-13,22H,1H3,(H,21,24). The molecule has 0 bridgehead atoms. The molecule has 30 heavy (non-hydrogen) atoms. The van der Waals surface area contributed by atoms with Gasteiger partial charge in [0.2, 0.25) is 0 Å². The minimum absolute atomic E-state index is 0.0660. The fraction of sp³-hybridized carbons (Fsp3) is 0.0500. The Bertz CT molecular complexity index is 1190. The number of benzene rings is 3. The number of hydrogen-bond acceptors (Lipinski definition) is 6. The molecule has 0 heterocycles. The minimum Gasteiger partial charge on any atom is -0.497 e. The monoisotopic (exact) mass is 427 g/mol. The van der Waals surface area contributed by atoms with Crippen LogP contribution in [0.1, 0.15) is 10.4 Å². The third-order valence-corrected chi connectivity index (χ3v) is 5.48. The lowest BCUT2D eigenvalue weighted by Crippen LogP contribution is -2.18. The number of nitrogens with zero attached hydrogens (tertiary/aromatic N) is 1. The summed E-state index contributed by atoms with van der Waals surface area (Å²) in [7, 11) is -2.56. The van der Waals surface area contributed by atoms with Crippen LogP contribution in [0.5, 0.6) is 5.75 Å². The summed E-state index contributed by atoms with van der Waals surface area (Å²) in [6.45, 7) is 0. The highest BCUT2D eigenvalue weighted by atomic mass is 32.2. The highest BCUT2D eigenvalue weighted by Crippen LogP contribution is 2.24. The minimum atomic E-state index is -4.07. The van der Waals surface area contributed by atoms with E-state index in [9.17, 15) is 23.3 Å². The molecule has 2 N–H and O–H groups in total. The second kappa shape index (κ2) is 8.62. The molecule has 0 fully saturated rings. The summed E-state index contributed by atoms with van der Waals surface area (Å²) in [5.74, 6) is 0.0326. The van der Waals surface area contributed by atoms with Crippen LogP contribution in [-0.2, 0) is 10.0 Å². The van der Waals surface area contributed by atoms with E-state index in [4.69, 9.17) is 4.74 Å². The summed E-state index contributed by atoms with van der Waals surface area (Å²) in [5.41, 5.74) is 0.418. The van der Waals surface area contributed by atoms with Crippen molar-refractivity contribution >= 4 is 33.0 Å². The smallest absolute Gasteiger partial charge is 0.269 e. The summed E-state index contributed by atoms with van der Waals surface area (Å²) in [4.78, 5) is 22.7. The molecule has 0 saturated heterocycles. The number of carbonyl (C=O) groups is 1. The van der Waals surface area contributed by atoms with Crippen molar-refractivity contribution in [2.45, 2.75) is 4.90 Å². The molecular formula is C20H17N3O6S. The Labute approximate surface area is 172 Å². The Morgan fingerprint density at radius 2 is 1.70 bits per heavy atom. The molecule has 0 aliphatic carbocycles. The summed E-state index contributed by atoms with van der Waals surface area (Å²) in [5, 5.41) is 13.4. The number of nitrogens with one attached hydrogen (secondary N) is 2. The number of anilines is 2. The van der Waals surface area contributed by atoms with Gasteiger partial charge in [0.25, 0.3) is 21.6 Å². The van der Waals surface area contributed by atoms with Gasteiger partial charge in [0, 0.05) is 23.9 Å². The quantitative estimate of drug-likeness (QED) is 0.437. The van der Waals surface area contributed by atoms with Crippen molar-refractivity contribution in [2.24, 2.45) is 0 Å². The largest absolute Gasteiger partial charge is 0.497 e. The van der Waals surface area contributed by atoms with Crippen LogP contribution in [0, 0.1) is 10.1 Å². The Kier molecular flexibility index (Phi) is 5.98. The number of amides is 1. The van der Waals surface area contributed by atoms with E-state index in [0.717, 1.165) is 24.3 Å². The second-order valence-electron chi connectivity index (χ2n) is 6.09. The Morgan fingerprint density at radius 1 is 1.00 bits per heavy atom. The molecule has 0 aliphatic heterocycles. The maximum absolute atomic E-state index is 12.7. The lowest BCUT2D eigenvalue weighted by molar-refractivity contribution is -0.384. The molecule has 0 aliphatic rings. The number of methoxy groups -OCH3 is 1. The Morgan fingerprint density at radius 3 is 2.37 bits per heavy atom. The van der Waals surface area contributed by atoms with Crippen LogP contribution in [0.2, 0.25) is 0 Å². The summed E-state index contributed by atoms with van der Waals surface area (Å²) in [6, 6.07) is 17.3. The van der Waals surface area contributed by atoms with E-state index in [1.54, 1.807) is 36.4 Å². The summed E-state index contributed by atoms with van der Waals surface area (Å²) < 4.78 is 32.8. The van der Waals surface area contributed by atoms with Crippen molar-refractivity contribution in [2.75, 3.05) is 17.1 Å². The van der Waals surface area contributed by atoms with Crippen LogP contribution < -0.4 is 14.8 Å². The fourth-order valence-electron chi connectivity index (χ4n) is 2.62. The lowest BCUT2D eigenvalue weighted by Gasteiger charge is -2.13. The van der Waals surface area contributed by atoms with Crippen LogP contribution in [0.15, 0.2) is 77.7 Å². The van der Waals surface area contributed by atoms with E-state index >= 15 is 0 Å². The van der Waals surface area contributed by atoms with Crippen LogP contribution in [0.4, 0.5) is 17.1 Å². The van der Waals surface area contributed by atoms with Crippen LogP contribution >= 0.6 is 0 Å². The van der Waals surface area contributed by atoms with E-state index in [1.807, 2.05) is 0 Å². The average Bonchev–Trinajstić information content (AvgIpc) is 2.74. The number of carbonyl (C=O) groups excluding carboxylic acids is 1. The Hall–Kier alpha value is -3.92. The highest BCUT2D eigenvalue weighted by molar-refractivity contribution is 7.92. The van der Waals surface area contributed by atoms with E-state index in [-0.39, 0.29) is 21.8 Å². The van der Waals surface area contributed by atoms with Gasteiger partial charge in [-0.3, -0.25) is 19.6 Å². The molecule has 154 valence electrons. The van der Waals surface area contributed by atoms with Crippen LogP contribution in [0.25, 0.3) is 0 Å². The fourth-order valence-corrected chi connectivity index (χ4v) is 3.70. The van der Waals surface area contributed by atoms with Gasteiger partial charge in [0.1, 0.15) is 5.75 Å². The first-order valence-corrected chi connectivity index (χ1v) is 10.1. The molecule has 3 aromatic carbocycles. The number of nitro benzene ring substituents is 1. The second-order valence-corrected chi connectivity index (χ2v) is 7.77. The molecular weight excluding hydrogens is 410 g/mol. The van der Waals surface area contributed by atoms with Gasteiger partial charge in [-0.25, -0.2) is 8.42 Å². The molecule has 3 aromatic rings. The number of rotatable bonds is 7. The van der Waals surface area contributed by atoms with Crippen molar-refractivity contribution < 1.29 is 22.9 Å². The highest BCUT2D eigenvalue weighted by Gasteiger charge is 2.20. The van der Waals surface area contributed by atoms with Gasteiger partial charge in [-0.1, -0.05) is 18.2 Å². The Balaban J connectivity index is 1.85. The number of sulfonamides is 1. The maximum Gasteiger partial charge on any atom is 0.269 e. The number of nitro groups is 1. The predicted molar refractivity (Wildman–Crippen MR) is 111 cm³/mol. The van der Waals surface area contributed by atoms with Gasteiger partial charge in [0.05, 0.1) is 28.2 Å². The normalized spacial score (nSPS) is 10.8. The average molecular weight is 427 g/mol. The van der Waals surface area contributed by atoms with Gasteiger partial charge < -0.3 is 10.1 Å². The number of hydrogen-bond donors (Lipinski definition) is 2. The summed E-state index contributed by atoms with van der Waals surface area (Å²) >= 11 is 0. The molecule has 0 radical (unpaired) electrons. The maximum atomic E-state index is 12.7. The van der Waals surface area contributed by atoms with E-state index in [2.05, 4.69) is 10.0 Å². The molecule has 1 amide bonds. The van der Waals surface area contributed by atoms with Gasteiger partial charge in [0.15, 0.2) is 0 Å². The number of ether oxygens (including phenoxy) is 1. The van der Waals surface area contributed by atoms with Crippen molar-refractivity contribution in [1.82, 2.24) is 0 Å². The predicted octanol–water partition coefficient (Wildman–Crippen LogP) is 3.66. The summed E-state index contributed by atoms with van der Waals surface area (Å²) in [6.07, 6.45) is 0. The zero-order valence-electron chi connectivity index (χ0n) is 15.7. The van der Waals surface area contributed by atoms with Crippen LogP contribution in [-0.4, -0.2) is 26.4 Å². The van der Waals surface area contributed by atoms with Gasteiger partial charge >= 0.3 is 0 Å². The molecule has 0 unspecified atom stereocenters. The van der Waals surface area contributed by atoms with E-state index in [1.165, 1.54) is 19.2 Å². The van der Waals surface area contributed by atoms with Gasteiger partial charge in [-0.2, -0.15) is 0 Å². The molecule has 9 nitrogen and oxygen atoms in total. The van der Waals surface area contributed by atoms with Gasteiger partial charge in [-0.05, 0) is 36.4 Å². The zero-order valence-corrected chi connectivity index (χ0v) is 16.5. The molecule has 3 rings (SSSR count). The van der Waals surface area contributed by atoms with E-state index < -0.39 is 20.9 Å². The topological polar surface area (TPSA) is 128 Å². The van der Waals surface area contributed by atoms with Crippen molar-refractivity contribution in [3.63, 3.8) is 0 Å². The number of non-ortho nitro benzene ring substituents is 1. The molecule has 0 atom stereocenters. The molecule has 0 aromatic heterocycles. The SMILES string of the molecule is COc1cccc(NC(=O)c2ccccc2NS(=O)(=O)c2ccc([N+](=O)[O-])cc2)c1. The first-order chi connectivity index (χ1) is 14.3. The van der Waals surface area contributed by atoms with Crippen molar-refractivity contribution in [3.8, 4) is 5.75 Å². The molecule has 0 saturated carbocycles. The molecule has 0 spiro atoms. The number of para-hydroxylation sites is 1. The first kappa shape index (κ1) is 20.8. The molecule has 10 heteroatoms. The first-order valence-electron chi connectivity index (χ1n) is 8.62. The third kappa shape index (κ3) is 4.73. The van der Waals surface area contributed by atoms with Crippen LogP contribution in [0.3, 0.4) is 0 Å². The van der Waals surface area contributed by atoms with E-state index in [0.29, 0.717) is 11.4 Å². The van der Waals surface area contributed by atoms with Crippen molar-refractivity contribution in [1.29, 1.82) is 0 Å². The zero-order chi connectivity index (χ0) is 21.7.